The molecule has 0 unspecified atom stereocenters. The lowest BCUT2D eigenvalue weighted by atomic mass is 10.0. The number of aromatic nitrogens is 2. The van der Waals surface area contributed by atoms with Crippen molar-refractivity contribution in [3.63, 3.8) is 0 Å². The molecule has 148 valence electrons. The number of benzene rings is 1. The van der Waals surface area contributed by atoms with Gasteiger partial charge in [-0.2, -0.15) is 0 Å². The molecule has 1 aliphatic carbocycles. The number of hydrogen-bond acceptors (Lipinski definition) is 3. The molecular formula is C22H22N4O3. The Labute approximate surface area is 167 Å². The van der Waals surface area contributed by atoms with E-state index in [1.165, 1.54) is 5.56 Å². The van der Waals surface area contributed by atoms with Crippen LogP contribution in [-0.4, -0.2) is 39.7 Å². The van der Waals surface area contributed by atoms with Gasteiger partial charge in [0.25, 0.3) is 0 Å². The van der Waals surface area contributed by atoms with E-state index in [1.54, 1.807) is 6.20 Å². The van der Waals surface area contributed by atoms with Crippen LogP contribution in [0.15, 0.2) is 54.4 Å². The number of hydrogen-bond donors (Lipinski definition) is 4. The minimum atomic E-state index is -1.11. The summed E-state index contributed by atoms with van der Waals surface area (Å²) in [5, 5.41) is 15.4. The Morgan fingerprint density at radius 3 is 2.79 bits per heavy atom. The lowest BCUT2D eigenvalue weighted by Crippen LogP contribution is -2.45. The summed E-state index contributed by atoms with van der Waals surface area (Å²) in [5.41, 5.74) is 4.65. The van der Waals surface area contributed by atoms with Crippen molar-refractivity contribution in [2.75, 3.05) is 6.54 Å². The third-order valence-electron chi connectivity index (χ3n) is 5.14. The molecule has 0 bridgehead atoms. The Morgan fingerprint density at radius 2 is 2.00 bits per heavy atom. The van der Waals surface area contributed by atoms with Crippen LogP contribution in [0.25, 0.3) is 17.1 Å². The molecule has 4 rings (SSSR count). The van der Waals surface area contributed by atoms with Crippen LogP contribution in [-0.2, 0) is 17.6 Å². The third kappa shape index (κ3) is 4.29. The van der Waals surface area contributed by atoms with Gasteiger partial charge in [-0.1, -0.05) is 30.3 Å². The summed E-state index contributed by atoms with van der Waals surface area (Å²) in [6, 6.07) is 11.3. The molecule has 0 aliphatic heterocycles. The summed E-state index contributed by atoms with van der Waals surface area (Å²) < 4.78 is 0. The standard InChI is InChI=1S/C22H22N4O3/c27-21(26-18(13-25-22(28)29)10-14-4-2-1-3-5-14)16-7-6-15-8-9-23-20-19(15)17(11-16)12-24-20/h1-5,8-9,11-12,18,25H,6-7,10,13H2,(H,23,24)(H,26,27)(H,28,29)/t18-/m0/s1. The monoisotopic (exact) mass is 390 g/mol. The Kier molecular flexibility index (Phi) is 5.29. The molecule has 1 aliphatic rings. The first-order chi connectivity index (χ1) is 14.1. The Bertz CT molecular complexity index is 1070. The predicted molar refractivity (Wildman–Crippen MR) is 110 cm³/mol. The van der Waals surface area contributed by atoms with Crippen molar-refractivity contribution in [1.29, 1.82) is 0 Å². The van der Waals surface area contributed by atoms with Crippen LogP contribution in [0.1, 0.15) is 23.1 Å². The number of rotatable bonds is 6. The summed E-state index contributed by atoms with van der Waals surface area (Å²) in [6.07, 6.45) is 6.34. The second-order valence-electron chi connectivity index (χ2n) is 7.15. The number of aryl methyl sites for hydroxylation is 1. The van der Waals surface area contributed by atoms with Crippen molar-refractivity contribution >= 4 is 29.1 Å². The van der Waals surface area contributed by atoms with Crippen molar-refractivity contribution in [3.8, 4) is 0 Å². The van der Waals surface area contributed by atoms with Crippen molar-refractivity contribution in [2.24, 2.45) is 0 Å². The van der Waals surface area contributed by atoms with Gasteiger partial charge in [-0.05, 0) is 42.5 Å². The highest BCUT2D eigenvalue weighted by atomic mass is 16.4. The summed E-state index contributed by atoms with van der Waals surface area (Å²) in [6.45, 7) is 0.141. The molecule has 3 aromatic rings. The van der Waals surface area contributed by atoms with Gasteiger partial charge in [0, 0.05) is 35.5 Å². The quantitative estimate of drug-likeness (QED) is 0.519. The van der Waals surface area contributed by atoms with Crippen LogP contribution < -0.4 is 10.6 Å². The lowest BCUT2D eigenvalue weighted by Gasteiger charge is -2.20. The van der Waals surface area contributed by atoms with Gasteiger partial charge in [0.2, 0.25) is 5.91 Å². The fourth-order valence-corrected chi connectivity index (χ4v) is 3.74. The molecule has 29 heavy (non-hydrogen) atoms. The Balaban J connectivity index is 1.53. The topological polar surface area (TPSA) is 107 Å². The SMILES string of the molecule is O=C(O)NC[C@H](Cc1ccccc1)NC(=O)C1=Cc2c[nH]c3nccc(c23)CC1. The van der Waals surface area contributed by atoms with E-state index in [0.717, 1.165) is 28.6 Å². The zero-order chi connectivity index (χ0) is 20.2. The molecule has 7 nitrogen and oxygen atoms in total. The third-order valence-corrected chi connectivity index (χ3v) is 5.14. The molecule has 0 saturated heterocycles. The Morgan fingerprint density at radius 1 is 1.17 bits per heavy atom. The molecule has 1 atom stereocenters. The molecule has 4 N–H and O–H groups in total. The van der Waals surface area contributed by atoms with Gasteiger partial charge in [0.05, 0.1) is 6.04 Å². The van der Waals surface area contributed by atoms with E-state index in [-0.39, 0.29) is 18.5 Å². The fourth-order valence-electron chi connectivity index (χ4n) is 3.74. The maximum Gasteiger partial charge on any atom is 0.404 e. The van der Waals surface area contributed by atoms with E-state index < -0.39 is 6.09 Å². The zero-order valence-corrected chi connectivity index (χ0v) is 15.8. The number of aromatic amines is 1. The first-order valence-electron chi connectivity index (χ1n) is 9.57. The maximum atomic E-state index is 13.0. The number of amides is 2. The molecule has 7 heteroatoms. The number of H-pyrrole nitrogens is 1. The van der Waals surface area contributed by atoms with Gasteiger partial charge in [0.1, 0.15) is 5.65 Å². The van der Waals surface area contributed by atoms with E-state index in [2.05, 4.69) is 20.6 Å². The van der Waals surface area contributed by atoms with E-state index >= 15 is 0 Å². The van der Waals surface area contributed by atoms with Crippen molar-refractivity contribution in [2.45, 2.75) is 25.3 Å². The zero-order valence-electron chi connectivity index (χ0n) is 15.8. The highest BCUT2D eigenvalue weighted by Crippen LogP contribution is 2.29. The van der Waals surface area contributed by atoms with Crippen molar-refractivity contribution < 1.29 is 14.7 Å². The number of carbonyl (C=O) groups is 2. The molecular weight excluding hydrogens is 368 g/mol. The fraction of sp³-hybridized carbons (Fsp3) is 0.227. The van der Waals surface area contributed by atoms with Crippen LogP contribution in [0.3, 0.4) is 0 Å². The van der Waals surface area contributed by atoms with Gasteiger partial charge in [-0.15, -0.1) is 0 Å². The Hall–Kier alpha value is -3.61. The summed E-state index contributed by atoms with van der Waals surface area (Å²) in [7, 11) is 0. The number of nitrogens with one attached hydrogen (secondary N) is 3. The minimum absolute atomic E-state index is 0.141. The largest absolute Gasteiger partial charge is 0.465 e. The summed E-state index contributed by atoms with van der Waals surface area (Å²) >= 11 is 0. The molecule has 1 aromatic carbocycles. The predicted octanol–water partition coefficient (Wildman–Crippen LogP) is 2.89. The van der Waals surface area contributed by atoms with Crippen molar-refractivity contribution in [1.82, 2.24) is 20.6 Å². The first kappa shape index (κ1) is 18.7. The van der Waals surface area contributed by atoms with Crippen LogP contribution in [0.4, 0.5) is 4.79 Å². The van der Waals surface area contributed by atoms with E-state index in [0.29, 0.717) is 18.4 Å². The highest BCUT2D eigenvalue weighted by molar-refractivity contribution is 6.02. The van der Waals surface area contributed by atoms with Crippen LogP contribution in [0.2, 0.25) is 0 Å². The van der Waals surface area contributed by atoms with Crippen LogP contribution in [0, 0.1) is 0 Å². The van der Waals surface area contributed by atoms with E-state index in [1.807, 2.05) is 48.7 Å². The second kappa shape index (κ2) is 8.18. The molecule has 0 fully saturated rings. The van der Waals surface area contributed by atoms with Gasteiger partial charge >= 0.3 is 6.09 Å². The summed E-state index contributed by atoms with van der Waals surface area (Å²) in [4.78, 5) is 31.4. The number of carbonyl (C=O) groups excluding carboxylic acids is 1. The molecule has 2 aromatic heterocycles. The van der Waals surface area contributed by atoms with Gasteiger partial charge in [-0.25, -0.2) is 9.78 Å². The number of nitrogens with zero attached hydrogens (tertiary/aromatic N) is 1. The van der Waals surface area contributed by atoms with Crippen LogP contribution >= 0.6 is 0 Å². The van der Waals surface area contributed by atoms with Crippen LogP contribution in [0.5, 0.6) is 0 Å². The second-order valence-corrected chi connectivity index (χ2v) is 7.15. The highest BCUT2D eigenvalue weighted by Gasteiger charge is 2.20. The number of carboxylic acid groups (broad SMARTS) is 1. The molecule has 2 amide bonds. The van der Waals surface area contributed by atoms with Gasteiger partial charge in [0.15, 0.2) is 0 Å². The molecule has 2 heterocycles. The van der Waals surface area contributed by atoms with Gasteiger partial charge < -0.3 is 20.7 Å². The van der Waals surface area contributed by atoms with Gasteiger partial charge in [-0.3, -0.25) is 4.79 Å². The molecule has 0 radical (unpaired) electrons. The number of pyridine rings is 1. The lowest BCUT2D eigenvalue weighted by molar-refractivity contribution is -0.118. The average molecular weight is 390 g/mol. The molecule has 0 saturated carbocycles. The van der Waals surface area contributed by atoms with E-state index in [9.17, 15) is 9.59 Å². The maximum absolute atomic E-state index is 13.0. The normalized spacial score (nSPS) is 14.0. The minimum Gasteiger partial charge on any atom is -0.465 e. The average Bonchev–Trinajstić information content (AvgIpc) is 3.03. The smallest absolute Gasteiger partial charge is 0.404 e. The summed E-state index contributed by atoms with van der Waals surface area (Å²) in [5.74, 6) is -0.173. The first-order valence-corrected chi connectivity index (χ1v) is 9.57. The molecule has 0 spiro atoms. The van der Waals surface area contributed by atoms with Crippen molar-refractivity contribution in [3.05, 3.63) is 71.1 Å². The van der Waals surface area contributed by atoms with E-state index in [4.69, 9.17) is 5.11 Å².